The van der Waals surface area contributed by atoms with E-state index in [0.717, 1.165) is 11.0 Å². The maximum absolute atomic E-state index is 11.8. The Morgan fingerprint density at radius 3 is 2.50 bits per heavy atom. The van der Waals surface area contributed by atoms with E-state index in [4.69, 9.17) is 4.74 Å². The zero-order chi connectivity index (χ0) is 17.3. The van der Waals surface area contributed by atoms with Crippen molar-refractivity contribution in [1.29, 1.82) is 0 Å². The van der Waals surface area contributed by atoms with Crippen LogP contribution in [0.25, 0.3) is 11.0 Å². The SMILES string of the molecule is CC(C)(C)OC(=O)NC1CN(c2nc3ccccc3nc2CO)C1. The van der Waals surface area contributed by atoms with Gasteiger partial charge in [-0.25, -0.2) is 14.8 Å². The van der Waals surface area contributed by atoms with Crippen molar-refractivity contribution >= 4 is 22.9 Å². The molecule has 7 nitrogen and oxygen atoms in total. The quantitative estimate of drug-likeness (QED) is 0.893. The first kappa shape index (κ1) is 16.4. The molecule has 128 valence electrons. The summed E-state index contributed by atoms with van der Waals surface area (Å²) >= 11 is 0. The number of amides is 1. The van der Waals surface area contributed by atoms with Crippen molar-refractivity contribution in [3.8, 4) is 0 Å². The van der Waals surface area contributed by atoms with Crippen LogP contribution >= 0.6 is 0 Å². The van der Waals surface area contributed by atoms with Crippen LogP contribution in [0.15, 0.2) is 24.3 Å². The number of carbonyl (C=O) groups excluding carboxylic acids is 1. The van der Waals surface area contributed by atoms with Crippen LogP contribution in [-0.4, -0.2) is 45.9 Å². The number of fused-ring (bicyclic) bond motifs is 1. The molecule has 2 heterocycles. The second-order valence-electron chi connectivity index (χ2n) is 6.89. The normalized spacial score (nSPS) is 15.2. The van der Waals surface area contributed by atoms with Crippen molar-refractivity contribution in [1.82, 2.24) is 15.3 Å². The molecule has 1 aliphatic heterocycles. The molecule has 1 saturated heterocycles. The van der Waals surface area contributed by atoms with Crippen molar-refractivity contribution in [3.05, 3.63) is 30.0 Å². The van der Waals surface area contributed by atoms with E-state index in [2.05, 4.69) is 15.3 Å². The van der Waals surface area contributed by atoms with Gasteiger partial charge in [0.1, 0.15) is 11.3 Å². The third kappa shape index (κ3) is 3.56. The molecule has 7 heteroatoms. The number of benzene rings is 1. The molecule has 1 aromatic heterocycles. The van der Waals surface area contributed by atoms with Crippen molar-refractivity contribution in [2.75, 3.05) is 18.0 Å². The van der Waals surface area contributed by atoms with E-state index in [1.54, 1.807) is 0 Å². The molecule has 0 saturated carbocycles. The molecule has 1 aliphatic rings. The number of nitrogens with one attached hydrogen (secondary N) is 1. The van der Waals surface area contributed by atoms with Gasteiger partial charge in [0.15, 0.2) is 5.82 Å². The van der Waals surface area contributed by atoms with Gasteiger partial charge in [-0.15, -0.1) is 0 Å². The summed E-state index contributed by atoms with van der Waals surface area (Å²) in [5.41, 5.74) is 1.58. The number of carbonyl (C=O) groups is 1. The van der Waals surface area contributed by atoms with E-state index < -0.39 is 11.7 Å². The predicted octanol–water partition coefficient (Wildman–Crippen LogP) is 1.84. The fourth-order valence-corrected chi connectivity index (χ4v) is 2.60. The minimum absolute atomic E-state index is 0.000312. The number of aromatic nitrogens is 2. The third-order valence-electron chi connectivity index (χ3n) is 3.67. The zero-order valence-corrected chi connectivity index (χ0v) is 14.1. The maximum Gasteiger partial charge on any atom is 0.407 e. The molecule has 2 aromatic rings. The summed E-state index contributed by atoms with van der Waals surface area (Å²) < 4.78 is 5.25. The summed E-state index contributed by atoms with van der Waals surface area (Å²) in [6.07, 6.45) is -0.417. The molecule has 2 N–H and O–H groups in total. The Kier molecular flexibility index (Phi) is 4.28. The smallest absolute Gasteiger partial charge is 0.407 e. The molecule has 1 aromatic carbocycles. The van der Waals surface area contributed by atoms with Crippen molar-refractivity contribution in [2.45, 2.75) is 39.0 Å². The van der Waals surface area contributed by atoms with Crippen molar-refractivity contribution < 1.29 is 14.6 Å². The molecule has 3 rings (SSSR count). The summed E-state index contributed by atoms with van der Waals surface area (Å²) in [7, 11) is 0. The Labute approximate surface area is 140 Å². The van der Waals surface area contributed by atoms with E-state index >= 15 is 0 Å². The molecular formula is C17H22N4O3. The summed E-state index contributed by atoms with van der Waals surface area (Å²) in [6, 6.07) is 7.56. The van der Waals surface area contributed by atoms with E-state index in [-0.39, 0.29) is 12.6 Å². The standard InChI is InChI=1S/C17H22N4O3/c1-17(2,3)24-16(23)18-11-8-21(9-11)15-14(10-22)19-12-6-4-5-7-13(12)20-15/h4-7,11,22H,8-10H2,1-3H3,(H,18,23). The largest absolute Gasteiger partial charge is 0.444 e. The van der Waals surface area contributed by atoms with Crippen LogP contribution in [0.3, 0.4) is 0 Å². The Bertz CT molecular complexity index is 751. The average Bonchev–Trinajstić information content (AvgIpc) is 2.47. The fourth-order valence-electron chi connectivity index (χ4n) is 2.60. The lowest BCUT2D eigenvalue weighted by Crippen LogP contribution is -2.60. The van der Waals surface area contributed by atoms with E-state index in [0.29, 0.717) is 24.6 Å². The highest BCUT2D eigenvalue weighted by Gasteiger charge is 2.32. The molecule has 1 fully saturated rings. The highest BCUT2D eigenvalue weighted by atomic mass is 16.6. The number of aliphatic hydroxyl groups excluding tert-OH is 1. The number of aliphatic hydroxyl groups is 1. The number of alkyl carbamates (subject to hydrolysis) is 1. The molecule has 0 bridgehead atoms. The number of hydrogen-bond donors (Lipinski definition) is 2. The van der Waals surface area contributed by atoms with Crippen LogP contribution in [-0.2, 0) is 11.3 Å². The molecule has 0 unspecified atom stereocenters. The monoisotopic (exact) mass is 330 g/mol. The number of anilines is 1. The van der Waals surface area contributed by atoms with Crippen LogP contribution in [0.4, 0.5) is 10.6 Å². The first-order valence-corrected chi connectivity index (χ1v) is 7.97. The summed E-state index contributed by atoms with van der Waals surface area (Å²) in [5.74, 6) is 0.665. The highest BCUT2D eigenvalue weighted by Crippen LogP contribution is 2.25. The predicted molar refractivity (Wildman–Crippen MR) is 90.8 cm³/mol. The van der Waals surface area contributed by atoms with Gasteiger partial charge in [-0.3, -0.25) is 0 Å². The lowest BCUT2D eigenvalue weighted by molar-refractivity contribution is 0.0496. The molecule has 0 radical (unpaired) electrons. The molecule has 24 heavy (non-hydrogen) atoms. The van der Waals surface area contributed by atoms with Crippen LogP contribution in [0.1, 0.15) is 26.5 Å². The van der Waals surface area contributed by atoms with Gasteiger partial charge in [0.25, 0.3) is 0 Å². The zero-order valence-electron chi connectivity index (χ0n) is 14.1. The van der Waals surface area contributed by atoms with Crippen LogP contribution < -0.4 is 10.2 Å². The van der Waals surface area contributed by atoms with Gasteiger partial charge in [0.2, 0.25) is 0 Å². The molecule has 0 aliphatic carbocycles. The first-order chi connectivity index (χ1) is 11.4. The van der Waals surface area contributed by atoms with Gasteiger partial charge in [-0.1, -0.05) is 12.1 Å². The summed E-state index contributed by atoms with van der Waals surface area (Å²) in [5, 5.41) is 12.4. The Hall–Kier alpha value is -2.41. The number of rotatable bonds is 3. The minimum atomic E-state index is -0.513. The third-order valence-corrected chi connectivity index (χ3v) is 3.67. The highest BCUT2D eigenvalue weighted by molar-refractivity contribution is 5.77. The number of para-hydroxylation sites is 2. The Morgan fingerprint density at radius 2 is 1.92 bits per heavy atom. The van der Waals surface area contributed by atoms with Gasteiger partial charge in [-0.05, 0) is 32.9 Å². The fraction of sp³-hybridized carbons (Fsp3) is 0.471. The van der Waals surface area contributed by atoms with Gasteiger partial charge >= 0.3 is 6.09 Å². The molecular weight excluding hydrogens is 308 g/mol. The van der Waals surface area contributed by atoms with E-state index in [1.807, 2.05) is 49.9 Å². The van der Waals surface area contributed by atoms with Crippen LogP contribution in [0, 0.1) is 0 Å². The maximum atomic E-state index is 11.8. The number of ether oxygens (including phenoxy) is 1. The Balaban J connectivity index is 1.67. The minimum Gasteiger partial charge on any atom is -0.444 e. The topological polar surface area (TPSA) is 87.6 Å². The molecule has 0 atom stereocenters. The lowest BCUT2D eigenvalue weighted by atomic mass is 10.1. The molecule has 0 spiro atoms. The average molecular weight is 330 g/mol. The van der Waals surface area contributed by atoms with Crippen molar-refractivity contribution in [3.63, 3.8) is 0 Å². The van der Waals surface area contributed by atoms with Gasteiger partial charge in [0.05, 0.1) is 23.7 Å². The van der Waals surface area contributed by atoms with Gasteiger partial charge in [-0.2, -0.15) is 0 Å². The van der Waals surface area contributed by atoms with Crippen LogP contribution in [0.5, 0.6) is 0 Å². The van der Waals surface area contributed by atoms with Crippen molar-refractivity contribution in [2.24, 2.45) is 0 Å². The van der Waals surface area contributed by atoms with E-state index in [9.17, 15) is 9.90 Å². The lowest BCUT2D eigenvalue weighted by Gasteiger charge is -2.41. The van der Waals surface area contributed by atoms with E-state index in [1.165, 1.54) is 0 Å². The molecule has 1 amide bonds. The summed E-state index contributed by atoms with van der Waals surface area (Å²) in [6.45, 7) is 6.54. The first-order valence-electron chi connectivity index (χ1n) is 7.97. The van der Waals surface area contributed by atoms with Gasteiger partial charge in [0, 0.05) is 13.1 Å². The second kappa shape index (κ2) is 6.24. The van der Waals surface area contributed by atoms with Gasteiger partial charge < -0.3 is 20.1 Å². The number of nitrogens with zero attached hydrogens (tertiary/aromatic N) is 3. The second-order valence-corrected chi connectivity index (χ2v) is 6.89. The summed E-state index contributed by atoms with van der Waals surface area (Å²) in [4.78, 5) is 22.8. The number of hydrogen-bond acceptors (Lipinski definition) is 6. The Morgan fingerprint density at radius 1 is 1.29 bits per heavy atom. The van der Waals surface area contributed by atoms with Crippen LogP contribution in [0.2, 0.25) is 0 Å².